The monoisotopic (exact) mass is 486 g/mol. The highest BCUT2D eigenvalue weighted by atomic mass is 35.5. The molecule has 1 spiro atoms. The third kappa shape index (κ3) is 4.06. The maximum atomic E-state index is 13.9. The number of fused-ring (bicyclic) bond motifs is 2. The van der Waals surface area contributed by atoms with Crippen molar-refractivity contribution in [3.63, 3.8) is 0 Å². The van der Waals surface area contributed by atoms with Crippen molar-refractivity contribution in [1.82, 2.24) is 10.3 Å². The molecule has 8 nitrogen and oxygen atoms in total. The number of hydrogen-bond acceptors (Lipinski definition) is 6. The zero-order chi connectivity index (χ0) is 23.9. The third-order valence-corrected chi connectivity index (χ3v) is 6.82. The molecule has 33 heavy (non-hydrogen) atoms. The number of nitrogens with one attached hydrogen (secondary N) is 1. The minimum Gasteiger partial charge on any atom is -0.492 e. The van der Waals surface area contributed by atoms with Gasteiger partial charge >= 0.3 is 0 Å². The highest BCUT2D eigenvalue weighted by Crippen LogP contribution is 2.55. The van der Waals surface area contributed by atoms with Gasteiger partial charge in [0, 0.05) is 24.4 Å². The van der Waals surface area contributed by atoms with Gasteiger partial charge in [0.2, 0.25) is 16.7 Å². The topological polar surface area (TPSA) is 91.3 Å². The summed E-state index contributed by atoms with van der Waals surface area (Å²) in [4.78, 5) is 38.4. The molecular formula is C23H23ClN4O4S. The number of halogens is 1. The fraction of sp³-hybridized carbons (Fsp3) is 0.304. The first kappa shape index (κ1) is 23.1. The van der Waals surface area contributed by atoms with E-state index in [4.69, 9.17) is 16.3 Å². The zero-order valence-electron chi connectivity index (χ0n) is 18.6. The predicted molar refractivity (Wildman–Crippen MR) is 128 cm³/mol. The molecule has 4 rings (SSSR count). The van der Waals surface area contributed by atoms with E-state index in [9.17, 15) is 14.4 Å². The number of amides is 3. The summed E-state index contributed by atoms with van der Waals surface area (Å²) in [5.41, 5.74) is 3.25. The van der Waals surface area contributed by atoms with Crippen LogP contribution in [0.4, 0.5) is 5.69 Å². The van der Waals surface area contributed by atoms with Gasteiger partial charge in [0.15, 0.2) is 5.17 Å². The Bertz CT molecular complexity index is 1180. The van der Waals surface area contributed by atoms with Crippen LogP contribution in [0.2, 0.25) is 5.02 Å². The second-order valence-electron chi connectivity index (χ2n) is 7.90. The molecule has 2 heterocycles. The fourth-order valence-corrected chi connectivity index (χ4v) is 5.58. The number of rotatable bonds is 4. The van der Waals surface area contributed by atoms with E-state index in [1.807, 2.05) is 26.0 Å². The standard InChI is InChI=1S/C23H23ClN4O4S/c1-13-11-14(2)20-19(12-13)23(28(16(4)30)26-22(33-23)25-15(3)29)21(31)27(20)9-10-32-18-7-5-17(24)6-8-18/h5-8,11-12H,9-10H2,1-4H3,(H,25,26,29)/t23-/m1/s1. The smallest absolute Gasteiger partial charge is 0.270 e. The number of hydrogen-bond donors (Lipinski definition) is 1. The lowest BCUT2D eigenvalue weighted by atomic mass is 10.0. The lowest BCUT2D eigenvalue weighted by Crippen LogP contribution is -2.49. The number of ether oxygens (including phenoxy) is 1. The molecule has 0 saturated carbocycles. The molecule has 0 unspecified atom stereocenters. The van der Waals surface area contributed by atoms with Crippen LogP contribution in [0.5, 0.6) is 5.75 Å². The average molecular weight is 487 g/mol. The van der Waals surface area contributed by atoms with Crippen LogP contribution in [0.3, 0.4) is 0 Å². The number of carbonyl (C=O) groups is 3. The molecule has 0 fully saturated rings. The highest BCUT2D eigenvalue weighted by molar-refractivity contribution is 8.15. The van der Waals surface area contributed by atoms with Crippen LogP contribution < -0.4 is 15.0 Å². The van der Waals surface area contributed by atoms with Gasteiger partial charge in [-0.1, -0.05) is 29.3 Å². The van der Waals surface area contributed by atoms with Gasteiger partial charge in [0.05, 0.1) is 12.2 Å². The van der Waals surface area contributed by atoms with E-state index in [2.05, 4.69) is 10.4 Å². The molecule has 0 saturated heterocycles. The SMILES string of the molecule is CC(=O)NC1=NN(C(C)=O)[C@]2(S1)C(=O)N(CCOc1ccc(Cl)cc1)c1c(C)cc(C)cc12. The molecule has 2 aromatic carbocycles. The van der Waals surface area contributed by atoms with Crippen LogP contribution in [0, 0.1) is 13.8 Å². The Kier molecular flexibility index (Phi) is 6.11. The molecule has 0 aromatic heterocycles. The summed E-state index contributed by atoms with van der Waals surface area (Å²) in [6.45, 7) is 7.07. The molecule has 2 aliphatic heterocycles. The highest BCUT2D eigenvalue weighted by Gasteiger charge is 2.61. The molecule has 172 valence electrons. The van der Waals surface area contributed by atoms with Gasteiger partial charge in [-0.2, -0.15) is 5.01 Å². The molecule has 0 aliphatic carbocycles. The van der Waals surface area contributed by atoms with E-state index in [1.54, 1.807) is 29.2 Å². The number of anilines is 1. The van der Waals surface area contributed by atoms with Gasteiger partial charge in [0.1, 0.15) is 12.4 Å². The summed E-state index contributed by atoms with van der Waals surface area (Å²) in [6, 6.07) is 10.9. The largest absolute Gasteiger partial charge is 0.492 e. The minimum absolute atomic E-state index is 0.204. The van der Waals surface area contributed by atoms with Crippen LogP contribution in [0.1, 0.15) is 30.5 Å². The Balaban J connectivity index is 1.70. The van der Waals surface area contributed by atoms with Crippen molar-refractivity contribution in [3.05, 3.63) is 58.1 Å². The van der Waals surface area contributed by atoms with Gasteiger partial charge in [0.25, 0.3) is 5.91 Å². The molecule has 0 radical (unpaired) electrons. The average Bonchev–Trinajstić information content (AvgIpc) is 3.21. The number of carbonyl (C=O) groups excluding carboxylic acids is 3. The van der Waals surface area contributed by atoms with Crippen molar-refractivity contribution in [2.75, 3.05) is 18.1 Å². The molecule has 0 bridgehead atoms. The van der Waals surface area contributed by atoms with Gasteiger partial charge in [-0.05, 0) is 55.4 Å². The molecule has 1 N–H and O–H groups in total. The summed E-state index contributed by atoms with van der Waals surface area (Å²) in [5, 5.41) is 8.88. The van der Waals surface area contributed by atoms with Crippen molar-refractivity contribution < 1.29 is 19.1 Å². The van der Waals surface area contributed by atoms with Gasteiger partial charge < -0.3 is 15.0 Å². The van der Waals surface area contributed by atoms with E-state index < -0.39 is 10.8 Å². The second kappa shape index (κ2) is 8.72. The van der Waals surface area contributed by atoms with Crippen LogP contribution in [0.15, 0.2) is 41.5 Å². The number of amidine groups is 1. The number of aryl methyl sites for hydroxylation is 2. The first-order valence-corrected chi connectivity index (χ1v) is 11.5. The van der Waals surface area contributed by atoms with Gasteiger partial charge in [-0.25, -0.2) is 0 Å². The van der Waals surface area contributed by atoms with E-state index in [1.165, 1.54) is 18.9 Å². The normalized spacial score (nSPS) is 19.1. The maximum absolute atomic E-state index is 13.9. The van der Waals surface area contributed by atoms with Crippen molar-refractivity contribution in [2.24, 2.45) is 5.10 Å². The summed E-state index contributed by atoms with van der Waals surface area (Å²) >= 11 is 6.99. The van der Waals surface area contributed by atoms with Gasteiger partial charge in [-0.3, -0.25) is 14.4 Å². The Hall–Kier alpha value is -3.04. The lowest BCUT2D eigenvalue weighted by molar-refractivity contribution is -0.139. The first-order chi connectivity index (χ1) is 15.6. The molecule has 3 amide bonds. The first-order valence-electron chi connectivity index (χ1n) is 10.3. The number of thioether (sulfide) groups is 1. The molecule has 2 aliphatic rings. The van der Waals surface area contributed by atoms with E-state index in [0.717, 1.165) is 28.6 Å². The minimum atomic E-state index is -1.42. The molecule has 10 heteroatoms. The van der Waals surface area contributed by atoms with Crippen LogP contribution in [-0.4, -0.2) is 41.0 Å². The zero-order valence-corrected chi connectivity index (χ0v) is 20.2. The van der Waals surface area contributed by atoms with Crippen molar-refractivity contribution in [1.29, 1.82) is 0 Å². The number of nitrogens with zero attached hydrogens (tertiary/aromatic N) is 3. The Morgan fingerprint density at radius 1 is 1.18 bits per heavy atom. The lowest BCUT2D eigenvalue weighted by Gasteiger charge is -2.29. The Morgan fingerprint density at radius 2 is 1.88 bits per heavy atom. The summed E-state index contributed by atoms with van der Waals surface area (Å²) in [6.07, 6.45) is 0. The quantitative estimate of drug-likeness (QED) is 0.713. The Labute approximate surface area is 200 Å². The van der Waals surface area contributed by atoms with Crippen LogP contribution in [-0.2, 0) is 19.3 Å². The van der Waals surface area contributed by atoms with E-state index in [-0.39, 0.29) is 30.1 Å². The van der Waals surface area contributed by atoms with E-state index in [0.29, 0.717) is 16.3 Å². The predicted octanol–water partition coefficient (Wildman–Crippen LogP) is 3.54. The Morgan fingerprint density at radius 3 is 2.52 bits per heavy atom. The summed E-state index contributed by atoms with van der Waals surface area (Å²) in [7, 11) is 0. The summed E-state index contributed by atoms with van der Waals surface area (Å²) < 4.78 is 5.82. The maximum Gasteiger partial charge on any atom is 0.270 e. The number of benzene rings is 2. The van der Waals surface area contributed by atoms with Gasteiger partial charge in [-0.15, -0.1) is 5.10 Å². The van der Waals surface area contributed by atoms with Crippen molar-refractivity contribution >= 4 is 51.9 Å². The number of hydrazone groups is 1. The van der Waals surface area contributed by atoms with Crippen molar-refractivity contribution in [2.45, 2.75) is 32.6 Å². The fourth-order valence-electron chi connectivity index (χ4n) is 4.14. The van der Waals surface area contributed by atoms with Crippen LogP contribution >= 0.6 is 23.4 Å². The molecule has 2 aromatic rings. The third-order valence-electron chi connectivity index (χ3n) is 5.33. The second-order valence-corrected chi connectivity index (χ2v) is 9.52. The van der Waals surface area contributed by atoms with Crippen LogP contribution in [0.25, 0.3) is 0 Å². The molecule has 1 atom stereocenters. The summed E-state index contributed by atoms with van der Waals surface area (Å²) in [5.74, 6) is -0.407. The van der Waals surface area contributed by atoms with Crippen molar-refractivity contribution in [3.8, 4) is 5.75 Å². The molecular weight excluding hydrogens is 464 g/mol. The van der Waals surface area contributed by atoms with E-state index >= 15 is 0 Å².